The van der Waals surface area contributed by atoms with Gasteiger partial charge < -0.3 is 4.79 Å². The van der Waals surface area contributed by atoms with Crippen LogP contribution in [0.1, 0.15) is 19.3 Å². The van der Waals surface area contributed by atoms with Gasteiger partial charge in [0.25, 0.3) is 0 Å². The lowest BCUT2D eigenvalue weighted by atomic mass is 10.1. The molecule has 1 fully saturated rings. The van der Waals surface area contributed by atoms with Crippen molar-refractivity contribution in [3.8, 4) is 0 Å². The topological polar surface area (TPSA) is 20.3 Å². The monoisotopic (exact) mass is 161 g/mol. The maximum absolute atomic E-state index is 10.2. The van der Waals surface area contributed by atoms with Crippen LogP contribution in [0.5, 0.6) is 0 Å². The van der Waals surface area contributed by atoms with Crippen molar-refractivity contribution in [2.45, 2.75) is 24.8 Å². The lowest BCUT2D eigenvalue weighted by Crippen LogP contribution is -2.36. The van der Waals surface area contributed by atoms with Crippen LogP contribution in [0.15, 0.2) is 0 Å². The molecule has 0 spiro atoms. The second-order valence-corrected chi connectivity index (χ2v) is 3.05. The first-order chi connectivity index (χ1) is 4.84. The smallest absolute Gasteiger partial charge is 0.152 e. The van der Waals surface area contributed by atoms with Gasteiger partial charge in [0.2, 0.25) is 0 Å². The minimum Gasteiger partial charge on any atom is -0.300 e. The Morgan fingerprint density at radius 2 is 1.90 bits per heavy atom. The van der Waals surface area contributed by atoms with Gasteiger partial charge in [0.15, 0.2) is 6.29 Å². The van der Waals surface area contributed by atoms with Crippen molar-refractivity contribution >= 4 is 17.9 Å². The van der Waals surface area contributed by atoms with Gasteiger partial charge in [0, 0.05) is 0 Å². The number of alkyl halides is 1. The van der Waals surface area contributed by atoms with Gasteiger partial charge in [-0.1, -0.05) is 18.0 Å². The predicted octanol–water partition coefficient (Wildman–Crippen LogP) is 1.24. The Hall–Kier alpha value is -0.0800. The minimum atomic E-state index is -0.389. The molecule has 0 saturated carbocycles. The van der Waals surface area contributed by atoms with Crippen LogP contribution in [0.4, 0.5) is 0 Å². The molecular formula is C7H12ClNO. The molecule has 0 N–H and O–H groups in total. The molecule has 58 valence electrons. The second kappa shape index (κ2) is 3.94. The standard InChI is InChI=1S/C7H12ClNO/c8-7(6-10)9-4-2-1-3-5-9/h6-7H,1-5H2. The van der Waals surface area contributed by atoms with Crippen LogP contribution in [0, 0.1) is 0 Å². The summed E-state index contributed by atoms with van der Waals surface area (Å²) in [6.07, 6.45) is 4.43. The number of hydrogen-bond donors (Lipinski definition) is 0. The second-order valence-electron chi connectivity index (χ2n) is 2.61. The average Bonchev–Trinajstić information content (AvgIpc) is 2.05. The van der Waals surface area contributed by atoms with Gasteiger partial charge in [0.1, 0.15) is 5.50 Å². The third kappa shape index (κ3) is 1.96. The first-order valence-electron chi connectivity index (χ1n) is 3.68. The molecular weight excluding hydrogens is 150 g/mol. The van der Waals surface area contributed by atoms with Crippen molar-refractivity contribution in [1.29, 1.82) is 0 Å². The number of nitrogens with zero attached hydrogens (tertiary/aromatic N) is 1. The van der Waals surface area contributed by atoms with Crippen molar-refractivity contribution < 1.29 is 4.79 Å². The minimum absolute atomic E-state index is 0.389. The molecule has 1 unspecified atom stereocenters. The fourth-order valence-electron chi connectivity index (χ4n) is 1.25. The van der Waals surface area contributed by atoms with E-state index >= 15 is 0 Å². The summed E-state index contributed by atoms with van der Waals surface area (Å²) < 4.78 is 0. The Morgan fingerprint density at radius 3 is 2.40 bits per heavy atom. The van der Waals surface area contributed by atoms with Crippen molar-refractivity contribution in [1.82, 2.24) is 4.90 Å². The zero-order valence-corrected chi connectivity index (χ0v) is 6.68. The van der Waals surface area contributed by atoms with Crippen molar-refractivity contribution in [2.75, 3.05) is 13.1 Å². The van der Waals surface area contributed by atoms with Crippen molar-refractivity contribution in [2.24, 2.45) is 0 Å². The molecule has 1 atom stereocenters. The molecule has 0 bridgehead atoms. The molecule has 1 rings (SSSR count). The van der Waals surface area contributed by atoms with E-state index in [0.29, 0.717) is 0 Å². The van der Waals surface area contributed by atoms with E-state index in [9.17, 15) is 4.79 Å². The summed E-state index contributed by atoms with van der Waals surface area (Å²) in [6, 6.07) is 0. The van der Waals surface area contributed by atoms with Crippen molar-refractivity contribution in [3.63, 3.8) is 0 Å². The number of carbonyl (C=O) groups is 1. The molecule has 3 heteroatoms. The first kappa shape index (κ1) is 8.02. The average molecular weight is 162 g/mol. The highest BCUT2D eigenvalue weighted by atomic mass is 35.5. The summed E-state index contributed by atoms with van der Waals surface area (Å²) in [7, 11) is 0. The molecule has 0 aromatic carbocycles. The Morgan fingerprint density at radius 1 is 1.30 bits per heavy atom. The predicted molar refractivity (Wildman–Crippen MR) is 41.1 cm³/mol. The van der Waals surface area contributed by atoms with Crippen LogP contribution < -0.4 is 0 Å². The van der Waals surface area contributed by atoms with E-state index in [1.165, 1.54) is 19.3 Å². The van der Waals surface area contributed by atoms with Gasteiger partial charge in [-0.15, -0.1) is 0 Å². The lowest BCUT2D eigenvalue weighted by molar-refractivity contribution is -0.110. The van der Waals surface area contributed by atoms with Crippen LogP contribution >= 0.6 is 11.6 Å². The summed E-state index contributed by atoms with van der Waals surface area (Å²) in [5, 5.41) is 0. The summed E-state index contributed by atoms with van der Waals surface area (Å²) >= 11 is 5.70. The van der Waals surface area contributed by atoms with E-state index < -0.39 is 0 Å². The fourth-order valence-corrected chi connectivity index (χ4v) is 1.45. The number of halogens is 1. The van der Waals surface area contributed by atoms with E-state index in [2.05, 4.69) is 0 Å². The van der Waals surface area contributed by atoms with E-state index in [0.717, 1.165) is 19.4 Å². The Labute approximate surface area is 66.1 Å². The molecule has 0 aromatic rings. The summed E-state index contributed by atoms with van der Waals surface area (Å²) in [5.41, 5.74) is -0.389. The van der Waals surface area contributed by atoms with Crippen LogP contribution in [0.2, 0.25) is 0 Å². The highest BCUT2D eigenvalue weighted by molar-refractivity contribution is 6.27. The molecule has 0 amide bonds. The molecule has 1 aliphatic rings. The third-order valence-corrected chi connectivity index (χ3v) is 2.23. The molecule has 1 saturated heterocycles. The van der Waals surface area contributed by atoms with Gasteiger partial charge >= 0.3 is 0 Å². The van der Waals surface area contributed by atoms with Gasteiger partial charge in [-0.05, 0) is 25.9 Å². The molecule has 0 radical (unpaired) electrons. The number of hydrogen-bond acceptors (Lipinski definition) is 2. The maximum Gasteiger partial charge on any atom is 0.152 e. The number of piperidine rings is 1. The number of carbonyl (C=O) groups excluding carboxylic acids is 1. The van der Waals surface area contributed by atoms with Gasteiger partial charge in [-0.3, -0.25) is 4.90 Å². The van der Waals surface area contributed by atoms with Crippen LogP contribution in [-0.2, 0) is 4.79 Å². The van der Waals surface area contributed by atoms with Crippen LogP contribution in [0.3, 0.4) is 0 Å². The van der Waals surface area contributed by atoms with Gasteiger partial charge in [-0.2, -0.15) is 0 Å². The fraction of sp³-hybridized carbons (Fsp3) is 0.857. The van der Waals surface area contributed by atoms with Crippen molar-refractivity contribution in [3.05, 3.63) is 0 Å². The maximum atomic E-state index is 10.2. The zero-order chi connectivity index (χ0) is 7.40. The molecule has 2 nitrogen and oxygen atoms in total. The Bertz CT molecular complexity index is 112. The van der Waals surface area contributed by atoms with E-state index in [-0.39, 0.29) is 5.50 Å². The normalized spacial score (nSPS) is 24.1. The highest BCUT2D eigenvalue weighted by Crippen LogP contribution is 2.12. The van der Waals surface area contributed by atoms with E-state index in [1.54, 1.807) is 0 Å². The molecule has 0 aromatic heterocycles. The number of rotatable bonds is 2. The first-order valence-corrected chi connectivity index (χ1v) is 4.11. The Balaban J connectivity index is 2.30. The van der Waals surface area contributed by atoms with Crippen LogP contribution in [-0.4, -0.2) is 29.8 Å². The zero-order valence-electron chi connectivity index (χ0n) is 5.92. The summed E-state index contributed by atoms with van der Waals surface area (Å²) in [6.45, 7) is 1.96. The number of likely N-dealkylation sites (tertiary alicyclic amines) is 1. The Kier molecular flexibility index (Phi) is 3.16. The lowest BCUT2D eigenvalue weighted by Gasteiger charge is -2.27. The van der Waals surface area contributed by atoms with Crippen LogP contribution in [0.25, 0.3) is 0 Å². The highest BCUT2D eigenvalue weighted by Gasteiger charge is 2.16. The summed E-state index contributed by atoms with van der Waals surface area (Å²) in [4.78, 5) is 12.2. The molecule has 0 aliphatic carbocycles. The van der Waals surface area contributed by atoms with E-state index in [1.807, 2.05) is 4.90 Å². The molecule has 1 aliphatic heterocycles. The van der Waals surface area contributed by atoms with Gasteiger partial charge in [0.05, 0.1) is 0 Å². The quantitative estimate of drug-likeness (QED) is 0.345. The molecule has 1 heterocycles. The SMILES string of the molecule is O=CC(Cl)N1CCCCC1. The summed E-state index contributed by atoms with van der Waals surface area (Å²) in [5.74, 6) is 0. The van der Waals surface area contributed by atoms with Gasteiger partial charge in [-0.25, -0.2) is 0 Å². The molecule has 10 heavy (non-hydrogen) atoms. The van der Waals surface area contributed by atoms with E-state index in [4.69, 9.17) is 11.6 Å². The largest absolute Gasteiger partial charge is 0.300 e. The third-order valence-electron chi connectivity index (χ3n) is 1.85. The number of aldehydes is 1.